The SMILES string of the molecule is Cc1ncc(C2CC=NN2C(=O)N2CCN(c3nc(-c4c(C)cnn4C)ncc3F)CC2)s1. The molecule has 0 spiro atoms. The van der Waals surface area contributed by atoms with Gasteiger partial charge >= 0.3 is 6.03 Å². The maximum absolute atomic E-state index is 14.6. The van der Waals surface area contributed by atoms with Crippen LogP contribution in [0, 0.1) is 19.7 Å². The van der Waals surface area contributed by atoms with Crippen LogP contribution in [0.5, 0.6) is 0 Å². The van der Waals surface area contributed by atoms with Crippen molar-refractivity contribution in [3.05, 3.63) is 39.9 Å². The van der Waals surface area contributed by atoms with E-state index in [1.165, 1.54) is 11.2 Å². The second kappa shape index (κ2) is 8.50. The minimum atomic E-state index is -0.483. The lowest BCUT2D eigenvalue weighted by Crippen LogP contribution is -2.52. The highest BCUT2D eigenvalue weighted by Gasteiger charge is 2.34. The number of thiazole rings is 1. The lowest BCUT2D eigenvalue weighted by atomic mass is 10.2. The zero-order valence-electron chi connectivity index (χ0n) is 18.6. The number of amides is 2. The molecule has 1 saturated heterocycles. The van der Waals surface area contributed by atoms with Crippen LogP contribution in [-0.2, 0) is 7.05 Å². The zero-order valence-corrected chi connectivity index (χ0v) is 19.5. The molecule has 1 unspecified atom stereocenters. The summed E-state index contributed by atoms with van der Waals surface area (Å²) in [4.78, 5) is 30.8. The molecule has 3 aromatic rings. The Morgan fingerprint density at radius 1 is 1.12 bits per heavy atom. The maximum atomic E-state index is 14.6. The van der Waals surface area contributed by atoms with E-state index in [4.69, 9.17) is 0 Å². The third kappa shape index (κ3) is 3.94. The number of carbonyl (C=O) groups excluding carboxylic acids is 1. The lowest BCUT2D eigenvalue weighted by Gasteiger charge is -2.37. The van der Waals surface area contributed by atoms with Crippen molar-refractivity contribution in [1.82, 2.24) is 34.6 Å². The van der Waals surface area contributed by atoms with Crippen molar-refractivity contribution in [2.45, 2.75) is 26.3 Å². The van der Waals surface area contributed by atoms with Gasteiger partial charge in [-0.3, -0.25) is 4.68 Å². The number of aromatic nitrogens is 5. The Morgan fingerprint density at radius 2 is 1.91 bits per heavy atom. The van der Waals surface area contributed by atoms with E-state index in [-0.39, 0.29) is 17.9 Å². The second-order valence-corrected chi connectivity index (χ2v) is 9.36. The normalized spacial score (nSPS) is 18.4. The molecule has 0 N–H and O–H groups in total. The van der Waals surface area contributed by atoms with Gasteiger partial charge in [0.2, 0.25) is 0 Å². The van der Waals surface area contributed by atoms with E-state index in [0.29, 0.717) is 38.4 Å². The Morgan fingerprint density at radius 3 is 2.58 bits per heavy atom. The third-order valence-electron chi connectivity index (χ3n) is 5.90. The van der Waals surface area contributed by atoms with Crippen LogP contribution in [0.3, 0.4) is 0 Å². The number of nitrogens with zero attached hydrogens (tertiary/aromatic N) is 9. The molecule has 5 rings (SSSR count). The van der Waals surface area contributed by atoms with E-state index in [0.717, 1.165) is 21.1 Å². The van der Waals surface area contributed by atoms with Gasteiger partial charge in [0.05, 0.1) is 23.4 Å². The number of anilines is 1. The molecule has 5 heterocycles. The highest BCUT2D eigenvalue weighted by molar-refractivity contribution is 7.11. The van der Waals surface area contributed by atoms with Gasteiger partial charge in [0.15, 0.2) is 17.5 Å². The molecule has 10 nitrogen and oxygen atoms in total. The molecule has 172 valence electrons. The van der Waals surface area contributed by atoms with Crippen LogP contribution in [0.4, 0.5) is 15.0 Å². The number of hydrogen-bond acceptors (Lipinski definition) is 8. The molecule has 12 heteroatoms. The first-order valence-electron chi connectivity index (χ1n) is 10.7. The van der Waals surface area contributed by atoms with Crippen molar-refractivity contribution in [3.8, 4) is 11.5 Å². The number of aryl methyl sites for hydroxylation is 3. The molecule has 0 aliphatic carbocycles. The van der Waals surface area contributed by atoms with Gasteiger partial charge in [-0.15, -0.1) is 11.3 Å². The molecular formula is C21H24FN9OS. The number of piperazine rings is 1. The summed E-state index contributed by atoms with van der Waals surface area (Å²) in [6, 6.07) is -0.264. The summed E-state index contributed by atoms with van der Waals surface area (Å²) >= 11 is 1.58. The molecule has 0 radical (unpaired) electrons. The smallest absolute Gasteiger partial charge is 0.341 e. The first-order valence-corrected chi connectivity index (χ1v) is 11.5. The van der Waals surface area contributed by atoms with Crippen LogP contribution in [0.25, 0.3) is 11.5 Å². The van der Waals surface area contributed by atoms with Crippen LogP contribution in [0.15, 0.2) is 23.7 Å². The van der Waals surface area contributed by atoms with Crippen LogP contribution < -0.4 is 4.90 Å². The summed E-state index contributed by atoms with van der Waals surface area (Å²) in [5.74, 6) is 0.185. The molecule has 0 aromatic carbocycles. The largest absolute Gasteiger partial charge is 0.351 e. The number of urea groups is 1. The average Bonchev–Trinajstić information content (AvgIpc) is 3.54. The maximum Gasteiger partial charge on any atom is 0.341 e. The van der Waals surface area contributed by atoms with Crippen molar-refractivity contribution >= 4 is 29.4 Å². The van der Waals surface area contributed by atoms with Gasteiger partial charge in [-0.2, -0.15) is 10.2 Å². The molecular weight excluding hydrogens is 445 g/mol. The van der Waals surface area contributed by atoms with Crippen molar-refractivity contribution in [2.24, 2.45) is 12.1 Å². The zero-order chi connectivity index (χ0) is 23.1. The molecule has 1 atom stereocenters. The van der Waals surface area contributed by atoms with Crippen molar-refractivity contribution in [1.29, 1.82) is 0 Å². The van der Waals surface area contributed by atoms with Crippen LogP contribution in [-0.4, -0.2) is 73.1 Å². The fourth-order valence-corrected chi connectivity index (χ4v) is 5.07. The summed E-state index contributed by atoms with van der Waals surface area (Å²) in [5, 5.41) is 11.0. The summed E-state index contributed by atoms with van der Waals surface area (Å²) in [6.45, 7) is 5.69. The van der Waals surface area contributed by atoms with E-state index in [2.05, 4.69) is 25.2 Å². The summed E-state index contributed by atoms with van der Waals surface area (Å²) in [5.41, 5.74) is 1.67. The highest BCUT2D eigenvalue weighted by atomic mass is 32.1. The van der Waals surface area contributed by atoms with Gasteiger partial charge < -0.3 is 9.80 Å². The predicted octanol–water partition coefficient (Wildman–Crippen LogP) is 2.76. The highest BCUT2D eigenvalue weighted by Crippen LogP contribution is 2.33. The number of hydrazone groups is 1. The molecule has 33 heavy (non-hydrogen) atoms. The Balaban J connectivity index is 1.29. The fourth-order valence-electron chi connectivity index (χ4n) is 4.18. The van der Waals surface area contributed by atoms with E-state index < -0.39 is 5.82 Å². The van der Waals surface area contributed by atoms with Crippen molar-refractivity contribution < 1.29 is 9.18 Å². The van der Waals surface area contributed by atoms with Crippen LogP contribution in [0.2, 0.25) is 0 Å². The minimum absolute atomic E-state index is 0.120. The van der Waals surface area contributed by atoms with E-state index in [1.54, 1.807) is 40.4 Å². The summed E-state index contributed by atoms with van der Waals surface area (Å²) < 4.78 is 16.3. The molecule has 0 bridgehead atoms. The molecule has 1 fully saturated rings. The Kier molecular flexibility index (Phi) is 5.52. The second-order valence-electron chi connectivity index (χ2n) is 8.10. The van der Waals surface area contributed by atoms with Crippen LogP contribution in [0.1, 0.15) is 27.9 Å². The number of carbonyl (C=O) groups is 1. The number of hydrogen-bond donors (Lipinski definition) is 0. The number of halogens is 1. The molecule has 2 aliphatic heterocycles. The molecule has 2 amide bonds. The standard InChI is InChI=1S/C21H24FN9OS/c1-13-10-26-28(3)18(13)19-24-11-15(22)20(27-19)29-6-8-30(9-7-29)21(32)31-16(4-5-25-31)17-12-23-14(2)33-17/h5,10-12,16H,4,6-9H2,1-3H3. The summed E-state index contributed by atoms with van der Waals surface area (Å²) in [6.07, 6.45) is 7.19. The van der Waals surface area contributed by atoms with E-state index in [1.807, 2.05) is 24.9 Å². The lowest BCUT2D eigenvalue weighted by molar-refractivity contribution is 0.140. The van der Waals surface area contributed by atoms with Gasteiger partial charge in [0, 0.05) is 56.9 Å². The summed E-state index contributed by atoms with van der Waals surface area (Å²) in [7, 11) is 1.81. The monoisotopic (exact) mass is 469 g/mol. The van der Waals surface area contributed by atoms with Gasteiger partial charge in [0.1, 0.15) is 5.69 Å². The topological polar surface area (TPSA) is 95.6 Å². The molecule has 0 saturated carbocycles. The first-order chi connectivity index (χ1) is 15.9. The average molecular weight is 470 g/mol. The predicted molar refractivity (Wildman–Crippen MR) is 123 cm³/mol. The Labute approximate surface area is 194 Å². The van der Waals surface area contributed by atoms with Gasteiger partial charge in [-0.25, -0.2) is 29.1 Å². The first kappa shape index (κ1) is 21.4. The Hall–Kier alpha value is -3.41. The molecule has 2 aliphatic rings. The van der Waals surface area contributed by atoms with Gasteiger partial charge in [-0.1, -0.05) is 0 Å². The van der Waals surface area contributed by atoms with E-state index >= 15 is 0 Å². The van der Waals surface area contributed by atoms with Crippen molar-refractivity contribution in [3.63, 3.8) is 0 Å². The van der Waals surface area contributed by atoms with Crippen LogP contribution >= 0.6 is 11.3 Å². The van der Waals surface area contributed by atoms with Gasteiger partial charge in [-0.05, 0) is 19.4 Å². The van der Waals surface area contributed by atoms with E-state index in [9.17, 15) is 9.18 Å². The minimum Gasteiger partial charge on any atom is -0.351 e. The van der Waals surface area contributed by atoms with Crippen molar-refractivity contribution in [2.75, 3.05) is 31.1 Å². The van der Waals surface area contributed by atoms with Gasteiger partial charge in [0.25, 0.3) is 0 Å². The Bertz CT molecular complexity index is 1190. The quantitative estimate of drug-likeness (QED) is 0.585. The molecule has 3 aromatic heterocycles. The number of rotatable bonds is 3. The fraction of sp³-hybridized carbons (Fsp3) is 0.429. The third-order valence-corrected chi connectivity index (χ3v) is 6.92.